The largest absolute Gasteiger partial charge is 0.466 e. The molecule has 2 heterocycles. The molecule has 0 bridgehead atoms. The summed E-state index contributed by atoms with van der Waals surface area (Å²) in [4.78, 5) is 41.7. The molecule has 0 unspecified atom stereocenters. The zero-order valence-electron chi connectivity index (χ0n) is 18.9. The molecule has 4 aromatic rings. The number of fused-ring (bicyclic) bond motifs is 2. The highest BCUT2D eigenvalue weighted by Gasteiger charge is 2.29. The molecule has 5 rings (SSSR count). The molecular weight excluding hydrogens is 456 g/mol. The minimum atomic E-state index is -0.373. The van der Waals surface area contributed by atoms with Gasteiger partial charge in [0.05, 0.1) is 35.1 Å². The highest BCUT2D eigenvalue weighted by Crippen LogP contribution is 2.36. The fourth-order valence-electron chi connectivity index (χ4n) is 4.46. The van der Waals surface area contributed by atoms with Gasteiger partial charge >= 0.3 is 11.7 Å². The Bertz CT molecular complexity index is 1510. The maximum atomic E-state index is 13.4. The summed E-state index contributed by atoms with van der Waals surface area (Å²) in [7, 11) is 0. The second-order valence-corrected chi connectivity index (χ2v) is 9.09. The van der Waals surface area contributed by atoms with Crippen molar-refractivity contribution in [2.75, 3.05) is 6.61 Å². The maximum absolute atomic E-state index is 13.4. The third-order valence-corrected chi connectivity index (χ3v) is 6.42. The number of carbonyl (C=O) groups excluding carboxylic acids is 1. The van der Waals surface area contributed by atoms with Gasteiger partial charge in [-0.05, 0) is 56.0 Å². The molecule has 0 saturated heterocycles. The zero-order chi connectivity index (χ0) is 23.8. The van der Waals surface area contributed by atoms with E-state index in [1.807, 2.05) is 39.5 Å². The van der Waals surface area contributed by atoms with Gasteiger partial charge in [-0.25, -0.2) is 4.79 Å². The molecule has 1 aliphatic rings. The topological polar surface area (TPSA) is 88.1 Å². The summed E-state index contributed by atoms with van der Waals surface area (Å²) in [5.41, 5.74) is 1.98. The molecule has 0 spiro atoms. The first-order valence-corrected chi connectivity index (χ1v) is 11.8. The smallest absolute Gasteiger partial charge is 0.329 e. The Morgan fingerprint density at radius 3 is 2.56 bits per heavy atom. The van der Waals surface area contributed by atoms with Crippen molar-refractivity contribution >= 4 is 39.5 Å². The SMILES string of the molecule is CC(=O)OCCCCn1c(Cn2c(=O)n(C3CC3)c3ccccc32)nc(=O)c2cc(Cl)ccc21. The minimum Gasteiger partial charge on any atom is -0.466 e. The van der Waals surface area contributed by atoms with Gasteiger partial charge in [0, 0.05) is 24.5 Å². The quantitative estimate of drug-likeness (QED) is 0.282. The zero-order valence-corrected chi connectivity index (χ0v) is 19.6. The van der Waals surface area contributed by atoms with Crippen LogP contribution in [0.2, 0.25) is 5.02 Å². The van der Waals surface area contributed by atoms with E-state index in [9.17, 15) is 14.4 Å². The van der Waals surface area contributed by atoms with Crippen LogP contribution in [-0.2, 0) is 22.6 Å². The van der Waals surface area contributed by atoms with Crippen LogP contribution < -0.4 is 11.2 Å². The number of imidazole rings is 1. The average Bonchev–Trinajstić information content (AvgIpc) is 3.60. The first kappa shape index (κ1) is 22.4. The standard InChI is InChI=1S/C25H25ClN4O4/c1-16(31)34-13-5-4-12-28-20-11-8-17(26)14-19(20)24(32)27-23(28)15-29-21-6-2-3-7-22(21)30(25(29)33)18-9-10-18/h2-3,6-8,11,14,18H,4-5,9-10,12-13,15H2,1H3. The monoisotopic (exact) mass is 480 g/mol. The second-order valence-electron chi connectivity index (χ2n) is 8.65. The van der Waals surface area contributed by atoms with Crippen molar-refractivity contribution in [1.29, 1.82) is 0 Å². The number of ether oxygens (including phenoxy) is 1. The Morgan fingerprint density at radius 2 is 1.82 bits per heavy atom. The van der Waals surface area contributed by atoms with Crippen molar-refractivity contribution in [3.63, 3.8) is 0 Å². The summed E-state index contributed by atoms with van der Waals surface area (Å²) in [5, 5.41) is 0.897. The van der Waals surface area contributed by atoms with Crippen LogP contribution in [-0.4, -0.2) is 31.3 Å². The van der Waals surface area contributed by atoms with Crippen LogP contribution >= 0.6 is 11.6 Å². The van der Waals surface area contributed by atoms with Crippen molar-refractivity contribution in [2.45, 2.75) is 51.7 Å². The van der Waals surface area contributed by atoms with Gasteiger partial charge in [-0.2, -0.15) is 4.98 Å². The van der Waals surface area contributed by atoms with Gasteiger partial charge in [0.2, 0.25) is 0 Å². The van der Waals surface area contributed by atoms with Gasteiger partial charge < -0.3 is 9.30 Å². The molecule has 0 amide bonds. The number of hydrogen-bond donors (Lipinski definition) is 0. The summed E-state index contributed by atoms with van der Waals surface area (Å²) in [6.45, 7) is 2.45. The van der Waals surface area contributed by atoms with Crippen LogP contribution in [0.3, 0.4) is 0 Å². The van der Waals surface area contributed by atoms with E-state index in [0.717, 1.165) is 23.9 Å². The van der Waals surface area contributed by atoms with Crippen molar-refractivity contribution in [2.24, 2.45) is 0 Å². The van der Waals surface area contributed by atoms with E-state index in [4.69, 9.17) is 16.3 Å². The van der Waals surface area contributed by atoms with Crippen molar-refractivity contribution < 1.29 is 9.53 Å². The summed E-state index contributed by atoms with van der Waals surface area (Å²) < 4.78 is 10.6. The van der Waals surface area contributed by atoms with Gasteiger partial charge in [-0.1, -0.05) is 23.7 Å². The molecule has 2 aromatic heterocycles. The van der Waals surface area contributed by atoms with Crippen LogP contribution in [0.15, 0.2) is 52.1 Å². The Hall–Kier alpha value is -3.39. The predicted octanol–water partition coefficient (Wildman–Crippen LogP) is 3.89. The molecule has 176 valence electrons. The number of hydrogen-bond acceptors (Lipinski definition) is 5. The number of rotatable bonds is 8. The number of esters is 1. The summed E-state index contributed by atoms with van der Waals surface area (Å²) >= 11 is 6.14. The van der Waals surface area contributed by atoms with Gasteiger partial charge in [-0.3, -0.25) is 18.7 Å². The van der Waals surface area contributed by atoms with Crippen molar-refractivity contribution in [1.82, 2.24) is 18.7 Å². The number of carbonyl (C=O) groups is 1. The molecule has 0 N–H and O–H groups in total. The van der Waals surface area contributed by atoms with E-state index in [-0.39, 0.29) is 29.8 Å². The molecule has 2 aromatic carbocycles. The summed E-state index contributed by atoms with van der Waals surface area (Å²) in [6.07, 6.45) is 3.37. The Morgan fingerprint density at radius 1 is 1.06 bits per heavy atom. The predicted molar refractivity (Wildman–Crippen MR) is 130 cm³/mol. The first-order chi connectivity index (χ1) is 16.4. The molecule has 1 aliphatic carbocycles. The average molecular weight is 481 g/mol. The van der Waals surface area contributed by atoms with Gasteiger partial charge in [0.1, 0.15) is 5.82 Å². The van der Waals surface area contributed by atoms with E-state index < -0.39 is 0 Å². The van der Waals surface area contributed by atoms with E-state index in [1.165, 1.54) is 6.92 Å². The molecule has 1 fully saturated rings. The number of aromatic nitrogens is 4. The molecular formula is C25H25ClN4O4. The molecule has 9 heteroatoms. The van der Waals surface area contributed by atoms with E-state index in [0.29, 0.717) is 47.7 Å². The molecule has 0 radical (unpaired) electrons. The lowest BCUT2D eigenvalue weighted by Gasteiger charge is -2.16. The minimum absolute atomic E-state index is 0.0874. The Balaban J connectivity index is 1.57. The van der Waals surface area contributed by atoms with Crippen LogP contribution in [0.25, 0.3) is 21.9 Å². The number of nitrogens with zero attached hydrogens (tertiary/aromatic N) is 4. The number of halogens is 1. The van der Waals surface area contributed by atoms with Crippen LogP contribution in [0.1, 0.15) is 44.5 Å². The first-order valence-electron chi connectivity index (χ1n) is 11.5. The lowest BCUT2D eigenvalue weighted by molar-refractivity contribution is -0.141. The van der Waals surface area contributed by atoms with Crippen molar-refractivity contribution in [3.05, 3.63) is 74.1 Å². The number of para-hydroxylation sites is 2. The number of aryl methyl sites for hydroxylation is 1. The van der Waals surface area contributed by atoms with E-state index in [2.05, 4.69) is 4.98 Å². The number of unbranched alkanes of at least 4 members (excludes halogenated alkanes) is 1. The van der Waals surface area contributed by atoms with Gasteiger partial charge in [0.25, 0.3) is 5.56 Å². The second kappa shape index (κ2) is 9.10. The van der Waals surface area contributed by atoms with Crippen molar-refractivity contribution in [3.8, 4) is 0 Å². The normalized spacial score (nSPS) is 13.6. The number of benzene rings is 2. The fourth-order valence-corrected chi connectivity index (χ4v) is 4.63. The molecule has 1 saturated carbocycles. The fraction of sp³-hybridized carbons (Fsp3) is 0.360. The van der Waals surface area contributed by atoms with Crippen LogP contribution in [0.5, 0.6) is 0 Å². The third kappa shape index (κ3) is 4.25. The molecule has 34 heavy (non-hydrogen) atoms. The summed E-state index contributed by atoms with van der Waals surface area (Å²) in [6, 6.07) is 13.1. The Kier molecular flexibility index (Phi) is 6.00. The lowest BCUT2D eigenvalue weighted by Crippen LogP contribution is -2.28. The maximum Gasteiger partial charge on any atom is 0.329 e. The molecule has 0 aliphatic heterocycles. The van der Waals surface area contributed by atoms with Crippen LogP contribution in [0, 0.1) is 0 Å². The van der Waals surface area contributed by atoms with Gasteiger partial charge in [0.15, 0.2) is 0 Å². The highest BCUT2D eigenvalue weighted by molar-refractivity contribution is 6.31. The third-order valence-electron chi connectivity index (χ3n) is 6.18. The summed E-state index contributed by atoms with van der Waals surface area (Å²) in [5.74, 6) is 0.199. The lowest BCUT2D eigenvalue weighted by atomic mass is 10.2. The highest BCUT2D eigenvalue weighted by atomic mass is 35.5. The molecule has 8 nitrogen and oxygen atoms in total. The molecule has 0 atom stereocenters. The van der Waals surface area contributed by atoms with E-state index >= 15 is 0 Å². The van der Waals surface area contributed by atoms with Gasteiger partial charge in [-0.15, -0.1) is 0 Å². The Labute approximate surface area is 200 Å². The van der Waals surface area contributed by atoms with E-state index in [1.54, 1.807) is 16.7 Å². The van der Waals surface area contributed by atoms with Crippen LogP contribution in [0.4, 0.5) is 0 Å².